The summed E-state index contributed by atoms with van der Waals surface area (Å²) in [6.07, 6.45) is 1.66. The highest BCUT2D eigenvalue weighted by atomic mass is 19.3. The molecular formula is C36H46F4N4O3. The van der Waals surface area contributed by atoms with E-state index in [0.29, 0.717) is 35.7 Å². The molecule has 0 radical (unpaired) electrons. The second-order valence-electron chi connectivity index (χ2n) is 11.4. The van der Waals surface area contributed by atoms with E-state index in [1.54, 1.807) is 0 Å². The molecule has 4 aromatic rings. The molecule has 0 unspecified atom stereocenters. The van der Waals surface area contributed by atoms with E-state index in [0.717, 1.165) is 65.1 Å². The zero-order valence-corrected chi connectivity index (χ0v) is 28.0. The summed E-state index contributed by atoms with van der Waals surface area (Å²) in [5.41, 5.74) is 0.779. The van der Waals surface area contributed by atoms with Gasteiger partial charge in [0.1, 0.15) is 41.1 Å². The summed E-state index contributed by atoms with van der Waals surface area (Å²) in [6.45, 7) is 14.9. The minimum absolute atomic E-state index is 0.0930. The predicted molar refractivity (Wildman–Crippen MR) is 178 cm³/mol. The van der Waals surface area contributed by atoms with Gasteiger partial charge in [0.2, 0.25) is 0 Å². The molecule has 1 N–H and O–H groups in total. The first-order chi connectivity index (χ1) is 22.6. The second-order valence-corrected chi connectivity index (χ2v) is 11.4. The van der Waals surface area contributed by atoms with E-state index in [9.17, 15) is 8.78 Å². The number of hydrogen-bond donors (Lipinski definition) is 1. The molecule has 7 nitrogen and oxygen atoms in total. The Morgan fingerprint density at radius 2 is 1.40 bits per heavy atom. The molecular weight excluding hydrogens is 612 g/mol. The molecule has 0 aliphatic rings. The number of nitrogens with one attached hydrogen (secondary N) is 1. The van der Waals surface area contributed by atoms with Crippen molar-refractivity contribution in [3.05, 3.63) is 65.5 Å². The van der Waals surface area contributed by atoms with Gasteiger partial charge in [0.15, 0.2) is 5.75 Å². The molecule has 11 heteroatoms. The van der Waals surface area contributed by atoms with Crippen molar-refractivity contribution in [2.45, 2.75) is 60.1 Å². The van der Waals surface area contributed by atoms with Crippen molar-refractivity contribution in [3.63, 3.8) is 0 Å². The molecule has 0 amide bonds. The summed E-state index contributed by atoms with van der Waals surface area (Å²) in [7, 11) is 0. The van der Waals surface area contributed by atoms with Gasteiger partial charge in [0.25, 0.3) is 5.92 Å². The first kappa shape index (κ1) is 36.0. The molecule has 0 bridgehead atoms. The SMILES string of the molecule is CCN(CC)CCCOc1cc(OCCCN(CC)CC)c2nc(-c3ccc(Oc4ccc(F)c(CF)c4)cc3C(C)(F)F)[nH]c2c1. The number of alkyl halides is 3. The van der Waals surface area contributed by atoms with Gasteiger partial charge in [-0.15, -0.1) is 0 Å². The summed E-state index contributed by atoms with van der Waals surface area (Å²) in [6, 6.07) is 11.5. The Labute approximate surface area is 274 Å². The summed E-state index contributed by atoms with van der Waals surface area (Å²) >= 11 is 0. The van der Waals surface area contributed by atoms with E-state index in [2.05, 4.69) is 42.5 Å². The number of H-pyrrole nitrogens is 1. The van der Waals surface area contributed by atoms with Gasteiger partial charge in [-0.05, 0) is 75.4 Å². The number of fused-ring (bicyclic) bond motifs is 1. The number of benzene rings is 3. The van der Waals surface area contributed by atoms with Crippen molar-refractivity contribution in [1.82, 2.24) is 19.8 Å². The quantitative estimate of drug-likeness (QED) is 0.0802. The third-order valence-corrected chi connectivity index (χ3v) is 8.19. The lowest BCUT2D eigenvalue weighted by molar-refractivity contribution is 0.0178. The lowest BCUT2D eigenvalue weighted by Crippen LogP contribution is -2.25. The Kier molecular flexibility index (Phi) is 12.9. The maximum Gasteiger partial charge on any atom is 0.271 e. The highest BCUT2D eigenvalue weighted by Gasteiger charge is 2.30. The number of hydrogen-bond acceptors (Lipinski definition) is 6. The lowest BCUT2D eigenvalue weighted by atomic mass is 10.0. The molecule has 0 atom stereocenters. The van der Waals surface area contributed by atoms with Crippen LogP contribution in [-0.2, 0) is 12.6 Å². The molecule has 4 rings (SSSR count). The van der Waals surface area contributed by atoms with Crippen molar-refractivity contribution in [2.75, 3.05) is 52.5 Å². The highest BCUT2D eigenvalue weighted by molar-refractivity contribution is 5.87. The monoisotopic (exact) mass is 658 g/mol. The van der Waals surface area contributed by atoms with Crippen molar-refractivity contribution >= 4 is 11.0 Å². The normalized spacial score (nSPS) is 12.0. The van der Waals surface area contributed by atoms with Crippen LogP contribution in [-0.4, -0.2) is 72.3 Å². The Morgan fingerprint density at radius 3 is 2.02 bits per heavy atom. The van der Waals surface area contributed by atoms with Gasteiger partial charge in [-0.25, -0.2) is 22.5 Å². The standard InChI is InChI=1S/C36H46F4N4O3/c1-6-43(7-2)16-10-18-45-28-22-32-34(33(23-28)46-19-11-17-44(8-3)9-4)42-35(41-32)29-14-12-27(21-30(29)36(5,39)40)47-26-13-15-31(38)25(20-26)24-37/h12-15,20-23H,6-11,16-19,24H2,1-5H3,(H,41,42). The molecule has 3 aromatic carbocycles. The Hall–Kier alpha value is -3.83. The Morgan fingerprint density at radius 1 is 0.787 bits per heavy atom. The predicted octanol–water partition coefficient (Wildman–Crippen LogP) is 8.96. The average Bonchev–Trinajstić information content (AvgIpc) is 3.49. The smallest absolute Gasteiger partial charge is 0.271 e. The number of halogens is 4. The Bertz CT molecular complexity index is 1580. The minimum Gasteiger partial charge on any atom is -0.493 e. The van der Waals surface area contributed by atoms with E-state index in [1.807, 2.05) is 12.1 Å². The number of ether oxygens (including phenoxy) is 3. The number of aromatic nitrogens is 2. The summed E-state index contributed by atoms with van der Waals surface area (Å²) in [5, 5.41) is 0. The van der Waals surface area contributed by atoms with Gasteiger partial charge in [0.05, 0.1) is 18.7 Å². The van der Waals surface area contributed by atoms with E-state index in [1.165, 1.54) is 30.3 Å². The molecule has 0 aliphatic heterocycles. The fourth-order valence-electron chi connectivity index (χ4n) is 5.42. The molecule has 0 saturated carbocycles. The van der Waals surface area contributed by atoms with Crippen LogP contribution in [0.25, 0.3) is 22.4 Å². The van der Waals surface area contributed by atoms with Crippen LogP contribution in [0.3, 0.4) is 0 Å². The molecule has 1 heterocycles. The average molecular weight is 659 g/mol. The molecule has 1 aromatic heterocycles. The van der Waals surface area contributed by atoms with Gasteiger partial charge < -0.3 is 29.0 Å². The first-order valence-corrected chi connectivity index (χ1v) is 16.4. The molecule has 0 spiro atoms. The van der Waals surface area contributed by atoms with Crippen LogP contribution < -0.4 is 14.2 Å². The van der Waals surface area contributed by atoms with Crippen molar-refractivity contribution in [2.24, 2.45) is 0 Å². The Balaban J connectivity index is 1.64. The number of nitrogens with zero attached hydrogens (tertiary/aromatic N) is 3. The second kappa shape index (κ2) is 16.8. The largest absolute Gasteiger partial charge is 0.493 e. The lowest BCUT2D eigenvalue weighted by Gasteiger charge is -2.18. The molecule has 0 aliphatic carbocycles. The fraction of sp³-hybridized carbons (Fsp3) is 0.472. The molecule has 47 heavy (non-hydrogen) atoms. The van der Waals surface area contributed by atoms with Crippen LogP contribution in [0.1, 0.15) is 58.6 Å². The van der Waals surface area contributed by atoms with Crippen LogP contribution in [0.5, 0.6) is 23.0 Å². The maximum absolute atomic E-state index is 15.1. The topological polar surface area (TPSA) is 62.9 Å². The third kappa shape index (κ3) is 9.60. The number of aromatic amines is 1. The zero-order chi connectivity index (χ0) is 34.0. The van der Waals surface area contributed by atoms with Crippen molar-refractivity contribution in [1.29, 1.82) is 0 Å². The van der Waals surface area contributed by atoms with Gasteiger partial charge >= 0.3 is 0 Å². The molecule has 0 fully saturated rings. The fourth-order valence-corrected chi connectivity index (χ4v) is 5.42. The number of imidazole rings is 1. The highest BCUT2D eigenvalue weighted by Crippen LogP contribution is 2.40. The van der Waals surface area contributed by atoms with E-state index < -0.39 is 18.4 Å². The van der Waals surface area contributed by atoms with Crippen LogP contribution in [0, 0.1) is 5.82 Å². The van der Waals surface area contributed by atoms with Gasteiger partial charge in [0, 0.05) is 48.8 Å². The maximum atomic E-state index is 15.1. The minimum atomic E-state index is -3.26. The summed E-state index contributed by atoms with van der Waals surface area (Å²) < 4.78 is 75.1. The van der Waals surface area contributed by atoms with Gasteiger partial charge in [-0.1, -0.05) is 27.7 Å². The van der Waals surface area contributed by atoms with Crippen LogP contribution in [0.4, 0.5) is 17.6 Å². The summed E-state index contributed by atoms with van der Waals surface area (Å²) in [5.74, 6) is -2.40. The van der Waals surface area contributed by atoms with Crippen LogP contribution in [0.2, 0.25) is 0 Å². The van der Waals surface area contributed by atoms with Crippen LogP contribution >= 0.6 is 0 Å². The van der Waals surface area contributed by atoms with Crippen LogP contribution in [0.15, 0.2) is 48.5 Å². The zero-order valence-electron chi connectivity index (χ0n) is 28.0. The number of rotatable bonds is 19. The van der Waals surface area contributed by atoms with Gasteiger partial charge in [-0.2, -0.15) is 0 Å². The first-order valence-electron chi connectivity index (χ1n) is 16.4. The van der Waals surface area contributed by atoms with E-state index >= 15 is 8.78 Å². The molecule has 256 valence electrons. The molecule has 0 saturated heterocycles. The van der Waals surface area contributed by atoms with Crippen molar-refractivity contribution in [3.8, 4) is 34.4 Å². The summed E-state index contributed by atoms with van der Waals surface area (Å²) in [4.78, 5) is 12.6. The van der Waals surface area contributed by atoms with Crippen molar-refractivity contribution < 1.29 is 31.8 Å². The van der Waals surface area contributed by atoms with E-state index in [-0.39, 0.29) is 34.0 Å². The van der Waals surface area contributed by atoms with Gasteiger partial charge in [-0.3, -0.25) is 0 Å². The van der Waals surface area contributed by atoms with E-state index in [4.69, 9.17) is 19.2 Å². The third-order valence-electron chi connectivity index (χ3n) is 8.19.